The number of aryl methyl sites for hydroxylation is 1. The van der Waals surface area contributed by atoms with Crippen LogP contribution in [0.25, 0.3) is 0 Å². The number of hydrogen-bond acceptors (Lipinski definition) is 7. The molecule has 1 aromatic carbocycles. The number of thiazole rings is 1. The van der Waals surface area contributed by atoms with E-state index in [9.17, 15) is 9.90 Å². The molecule has 0 unspecified atom stereocenters. The van der Waals surface area contributed by atoms with E-state index < -0.39 is 5.60 Å². The molecule has 2 N–H and O–H groups in total. The quantitative estimate of drug-likeness (QED) is 0.513. The number of anilines is 2. The van der Waals surface area contributed by atoms with E-state index in [1.165, 1.54) is 11.3 Å². The Morgan fingerprint density at radius 2 is 2.07 bits per heavy atom. The fourth-order valence-electron chi connectivity index (χ4n) is 2.89. The highest BCUT2D eigenvalue weighted by Crippen LogP contribution is 2.35. The van der Waals surface area contributed by atoms with Crippen molar-refractivity contribution < 1.29 is 9.90 Å². The third kappa shape index (κ3) is 6.04. The molecule has 2 aromatic heterocycles. The summed E-state index contributed by atoms with van der Waals surface area (Å²) < 4.78 is 1.01. The number of nitrogens with zero attached hydrogens (tertiary/aromatic N) is 3. The number of amides is 1. The summed E-state index contributed by atoms with van der Waals surface area (Å²) in [7, 11) is 0. The van der Waals surface area contributed by atoms with E-state index in [0.717, 1.165) is 25.6 Å². The highest BCUT2D eigenvalue weighted by molar-refractivity contribution is 8.01. The van der Waals surface area contributed by atoms with Crippen molar-refractivity contribution in [2.24, 2.45) is 0 Å². The molecular formula is C22H26N4O2S2. The van der Waals surface area contributed by atoms with Gasteiger partial charge in [0.2, 0.25) is 0 Å². The zero-order chi connectivity index (χ0) is 21.7. The van der Waals surface area contributed by atoms with Gasteiger partial charge in [0.1, 0.15) is 5.82 Å². The van der Waals surface area contributed by atoms with Crippen molar-refractivity contribution in [2.45, 2.75) is 42.4 Å². The molecule has 0 aliphatic carbocycles. The van der Waals surface area contributed by atoms with Gasteiger partial charge in [-0.15, -0.1) is 0 Å². The molecule has 0 aliphatic rings. The fraction of sp³-hybridized carbons (Fsp3) is 0.318. The molecular weight excluding hydrogens is 416 g/mol. The number of rotatable bonds is 8. The number of pyridine rings is 1. The van der Waals surface area contributed by atoms with Crippen LogP contribution in [0.5, 0.6) is 0 Å². The van der Waals surface area contributed by atoms with Crippen molar-refractivity contribution in [1.29, 1.82) is 0 Å². The van der Waals surface area contributed by atoms with Gasteiger partial charge < -0.3 is 15.3 Å². The van der Waals surface area contributed by atoms with Gasteiger partial charge in [0.15, 0.2) is 5.13 Å². The zero-order valence-corrected chi connectivity index (χ0v) is 19.2. The Morgan fingerprint density at radius 3 is 2.73 bits per heavy atom. The molecule has 0 saturated heterocycles. The topological polar surface area (TPSA) is 78.3 Å². The Morgan fingerprint density at radius 1 is 1.27 bits per heavy atom. The first-order valence-corrected chi connectivity index (χ1v) is 11.3. The largest absolute Gasteiger partial charge is 0.389 e. The van der Waals surface area contributed by atoms with Crippen LogP contribution in [0, 0.1) is 6.92 Å². The summed E-state index contributed by atoms with van der Waals surface area (Å²) in [6.07, 6.45) is 3.54. The molecule has 0 aliphatic heterocycles. The zero-order valence-electron chi connectivity index (χ0n) is 17.5. The van der Waals surface area contributed by atoms with Gasteiger partial charge in [0.25, 0.3) is 5.91 Å². The summed E-state index contributed by atoms with van der Waals surface area (Å²) in [5.74, 6) is 0.680. The first-order chi connectivity index (χ1) is 14.2. The van der Waals surface area contributed by atoms with Crippen molar-refractivity contribution in [2.75, 3.05) is 18.4 Å². The molecule has 3 rings (SSSR count). The lowest BCUT2D eigenvalue weighted by Crippen LogP contribution is -2.42. The Kier molecular flexibility index (Phi) is 7.12. The van der Waals surface area contributed by atoms with Gasteiger partial charge in [-0.1, -0.05) is 35.2 Å². The SMILES string of the molecule is CCN(CC(C)(C)O)C(=O)c1cc(Sc2cnc(Nc3ccccn3)s2)ccc1C. The molecule has 3 aromatic rings. The minimum atomic E-state index is -0.939. The van der Waals surface area contributed by atoms with Gasteiger partial charge in [-0.2, -0.15) is 0 Å². The minimum absolute atomic E-state index is 0.0682. The van der Waals surface area contributed by atoms with Crippen LogP contribution < -0.4 is 5.32 Å². The molecule has 0 saturated carbocycles. The number of hydrogen-bond donors (Lipinski definition) is 2. The summed E-state index contributed by atoms with van der Waals surface area (Å²) >= 11 is 3.10. The molecule has 0 radical (unpaired) electrons. The molecule has 0 atom stereocenters. The van der Waals surface area contributed by atoms with Gasteiger partial charge in [0, 0.05) is 29.7 Å². The number of benzene rings is 1. The number of carbonyl (C=O) groups excluding carboxylic acids is 1. The van der Waals surface area contributed by atoms with E-state index in [4.69, 9.17) is 0 Å². The van der Waals surface area contributed by atoms with Crippen LogP contribution in [0.3, 0.4) is 0 Å². The van der Waals surface area contributed by atoms with Crippen LogP contribution in [0.4, 0.5) is 10.9 Å². The van der Waals surface area contributed by atoms with Crippen LogP contribution in [-0.2, 0) is 0 Å². The third-order valence-corrected chi connectivity index (χ3v) is 6.29. The van der Waals surface area contributed by atoms with E-state index in [0.29, 0.717) is 12.1 Å². The normalized spacial score (nSPS) is 11.4. The Balaban J connectivity index is 1.74. The second-order valence-electron chi connectivity index (χ2n) is 7.53. The maximum Gasteiger partial charge on any atom is 0.254 e. The number of likely N-dealkylation sites (N-methyl/N-ethyl adjacent to an activating group) is 1. The number of nitrogens with one attached hydrogen (secondary N) is 1. The average Bonchev–Trinajstić information content (AvgIpc) is 3.14. The second-order valence-corrected chi connectivity index (χ2v) is 9.94. The lowest BCUT2D eigenvalue weighted by molar-refractivity contribution is 0.0314. The average molecular weight is 443 g/mol. The molecule has 1 amide bonds. The van der Waals surface area contributed by atoms with Gasteiger partial charge in [-0.3, -0.25) is 4.79 Å². The maximum atomic E-state index is 13.1. The molecule has 0 bridgehead atoms. The Bertz CT molecular complexity index is 1000. The summed E-state index contributed by atoms with van der Waals surface area (Å²) in [6.45, 7) is 8.10. The van der Waals surface area contributed by atoms with Gasteiger partial charge in [0.05, 0.1) is 16.0 Å². The predicted octanol–water partition coefficient (Wildman–Crippen LogP) is 4.97. The standard InChI is InChI=1S/C22H26N4O2S2/c1-5-26(14-22(3,4)28)20(27)17-12-16(10-9-15(17)2)29-19-13-24-21(30-19)25-18-8-6-7-11-23-18/h6-13,28H,5,14H2,1-4H3,(H,23,24,25). The Labute approximate surface area is 185 Å². The summed E-state index contributed by atoms with van der Waals surface area (Å²) in [5, 5.41) is 14.1. The molecule has 30 heavy (non-hydrogen) atoms. The Hall–Kier alpha value is -2.42. The minimum Gasteiger partial charge on any atom is -0.389 e. The van der Waals surface area contributed by atoms with Gasteiger partial charge in [-0.25, -0.2) is 9.97 Å². The van der Waals surface area contributed by atoms with Crippen molar-refractivity contribution in [3.8, 4) is 0 Å². The highest BCUT2D eigenvalue weighted by atomic mass is 32.2. The molecule has 158 valence electrons. The van der Waals surface area contributed by atoms with Crippen LogP contribution >= 0.6 is 23.1 Å². The van der Waals surface area contributed by atoms with Gasteiger partial charge >= 0.3 is 0 Å². The number of carbonyl (C=O) groups is 1. The van der Waals surface area contributed by atoms with Crippen LogP contribution in [0.2, 0.25) is 0 Å². The van der Waals surface area contributed by atoms with E-state index in [1.54, 1.807) is 36.7 Å². The lowest BCUT2D eigenvalue weighted by Gasteiger charge is -2.28. The molecule has 8 heteroatoms. The first kappa shape index (κ1) is 22.3. The third-order valence-electron chi connectivity index (χ3n) is 4.29. The van der Waals surface area contributed by atoms with Crippen LogP contribution in [0.1, 0.15) is 36.7 Å². The number of aliphatic hydroxyl groups is 1. The summed E-state index contributed by atoms with van der Waals surface area (Å²) in [6, 6.07) is 11.6. The smallest absolute Gasteiger partial charge is 0.254 e. The van der Waals surface area contributed by atoms with Crippen molar-refractivity contribution >= 4 is 40.0 Å². The van der Waals surface area contributed by atoms with Crippen LogP contribution in [-0.4, -0.2) is 44.6 Å². The van der Waals surface area contributed by atoms with E-state index >= 15 is 0 Å². The maximum absolute atomic E-state index is 13.1. The van der Waals surface area contributed by atoms with Crippen molar-refractivity contribution in [3.05, 3.63) is 59.9 Å². The monoisotopic (exact) mass is 442 g/mol. The molecule has 0 spiro atoms. The first-order valence-electron chi connectivity index (χ1n) is 9.69. The second kappa shape index (κ2) is 9.59. The van der Waals surface area contributed by atoms with E-state index in [2.05, 4.69) is 15.3 Å². The molecule has 6 nitrogen and oxygen atoms in total. The lowest BCUT2D eigenvalue weighted by atomic mass is 10.1. The van der Waals surface area contributed by atoms with Crippen molar-refractivity contribution in [3.63, 3.8) is 0 Å². The van der Waals surface area contributed by atoms with E-state index in [1.807, 2.05) is 56.4 Å². The van der Waals surface area contributed by atoms with Crippen LogP contribution in [0.15, 0.2) is 57.9 Å². The van der Waals surface area contributed by atoms with Crippen molar-refractivity contribution in [1.82, 2.24) is 14.9 Å². The van der Waals surface area contributed by atoms with E-state index in [-0.39, 0.29) is 12.5 Å². The fourth-order valence-corrected chi connectivity index (χ4v) is 4.79. The number of aromatic nitrogens is 2. The predicted molar refractivity (Wildman–Crippen MR) is 123 cm³/mol. The highest BCUT2D eigenvalue weighted by Gasteiger charge is 2.23. The molecule has 2 heterocycles. The summed E-state index contributed by atoms with van der Waals surface area (Å²) in [4.78, 5) is 24.4. The van der Waals surface area contributed by atoms with Gasteiger partial charge in [-0.05, 0) is 57.5 Å². The summed E-state index contributed by atoms with van der Waals surface area (Å²) in [5.41, 5.74) is 0.633. The molecule has 0 fully saturated rings.